The molecule has 2 aromatic carbocycles. The average Bonchev–Trinajstić information content (AvgIpc) is 2.73. The number of piperazine rings is 1. The zero-order valence-corrected chi connectivity index (χ0v) is 17.5. The van der Waals surface area contributed by atoms with E-state index in [2.05, 4.69) is 10.5 Å². The lowest BCUT2D eigenvalue weighted by atomic mass is 10.1. The molecule has 1 heterocycles. The van der Waals surface area contributed by atoms with Crippen molar-refractivity contribution in [3.8, 4) is 0 Å². The van der Waals surface area contributed by atoms with Crippen LogP contribution in [0.1, 0.15) is 18.1 Å². The standard InChI is InChI=1S/C21H26N4O3S/c1-17-8-10-20(11-9-17)29(27,28)25-14-12-24(13-15-25)16-21(26)23-22-18(2)19-6-4-3-5-7-19/h3-11H,12-16H2,1-2H3,(H,23,26)/b22-18-. The highest BCUT2D eigenvalue weighted by atomic mass is 32.2. The highest BCUT2D eigenvalue weighted by Gasteiger charge is 2.28. The van der Waals surface area contributed by atoms with Gasteiger partial charge in [-0.1, -0.05) is 48.0 Å². The lowest BCUT2D eigenvalue weighted by Crippen LogP contribution is -2.50. The summed E-state index contributed by atoms with van der Waals surface area (Å²) in [5.74, 6) is -0.213. The fraction of sp³-hybridized carbons (Fsp3) is 0.333. The summed E-state index contributed by atoms with van der Waals surface area (Å²) in [6, 6.07) is 16.5. The summed E-state index contributed by atoms with van der Waals surface area (Å²) in [6.07, 6.45) is 0. The predicted octanol–water partition coefficient (Wildman–Crippen LogP) is 1.84. The van der Waals surface area contributed by atoms with Gasteiger partial charge in [-0.15, -0.1) is 0 Å². The molecule has 1 saturated heterocycles. The molecule has 1 N–H and O–H groups in total. The van der Waals surface area contributed by atoms with Gasteiger partial charge in [0.25, 0.3) is 5.91 Å². The Morgan fingerprint density at radius 2 is 1.62 bits per heavy atom. The van der Waals surface area contributed by atoms with Crippen molar-refractivity contribution >= 4 is 21.6 Å². The SMILES string of the molecule is C/C(=N/NC(=O)CN1CCN(S(=O)(=O)c2ccc(C)cc2)CC1)c1ccccc1. The summed E-state index contributed by atoms with van der Waals surface area (Å²) in [5.41, 5.74) is 5.27. The van der Waals surface area contributed by atoms with Crippen molar-refractivity contribution in [3.05, 3.63) is 65.7 Å². The van der Waals surface area contributed by atoms with Crippen molar-refractivity contribution < 1.29 is 13.2 Å². The van der Waals surface area contributed by atoms with Crippen LogP contribution in [0.25, 0.3) is 0 Å². The number of hydrogen-bond acceptors (Lipinski definition) is 5. The van der Waals surface area contributed by atoms with E-state index in [0.29, 0.717) is 31.1 Å². The van der Waals surface area contributed by atoms with E-state index >= 15 is 0 Å². The first-order valence-corrected chi connectivity index (χ1v) is 11.0. The number of nitrogens with zero attached hydrogens (tertiary/aromatic N) is 3. The molecule has 154 valence electrons. The van der Waals surface area contributed by atoms with Gasteiger partial charge in [-0.2, -0.15) is 9.41 Å². The third-order valence-electron chi connectivity index (χ3n) is 4.90. The Kier molecular flexibility index (Phi) is 6.79. The molecule has 1 aliphatic heterocycles. The molecule has 0 aromatic heterocycles. The molecule has 7 nitrogen and oxygen atoms in total. The van der Waals surface area contributed by atoms with Crippen LogP contribution in [0.2, 0.25) is 0 Å². The lowest BCUT2D eigenvalue weighted by Gasteiger charge is -2.33. The second kappa shape index (κ2) is 9.30. The normalized spacial score (nSPS) is 16.6. The maximum Gasteiger partial charge on any atom is 0.254 e. The van der Waals surface area contributed by atoms with Crippen LogP contribution in [0, 0.1) is 6.92 Å². The summed E-state index contributed by atoms with van der Waals surface area (Å²) in [4.78, 5) is 14.4. The monoisotopic (exact) mass is 414 g/mol. The van der Waals surface area contributed by atoms with Crippen molar-refractivity contribution in [2.45, 2.75) is 18.7 Å². The highest BCUT2D eigenvalue weighted by molar-refractivity contribution is 7.89. The summed E-state index contributed by atoms with van der Waals surface area (Å²) >= 11 is 0. The molecule has 0 saturated carbocycles. The molecule has 8 heteroatoms. The first kappa shape index (κ1) is 21.2. The summed E-state index contributed by atoms with van der Waals surface area (Å²) in [7, 11) is -3.50. The Balaban J connectivity index is 1.50. The van der Waals surface area contributed by atoms with E-state index in [9.17, 15) is 13.2 Å². The number of benzene rings is 2. The zero-order chi connectivity index (χ0) is 20.9. The number of sulfonamides is 1. The number of hydrazone groups is 1. The van der Waals surface area contributed by atoms with Gasteiger partial charge in [-0.05, 0) is 31.5 Å². The molecule has 0 unspecified atom stereocenters. The number of nitrogens with one attached hydrogen (secondary N) is 1. The Morgan fingerprint density at radius 1 is 1.00 bits per heavy atom. The Morgan fingerprint density at radius 3 is 2.24 bits per heavy atom. The smallest absolute Gasteiger partial charge is 0.254 e. The maximum atomic E-state index is 12.7. The number of amides is 1. The van der Waals surface area contributed by atoms with Gasteiger partial charge in [0.1, 0.15) is 0 Å². The van der Waals surface area contributed by atoms with E-state index < -0.39 is 10.0 Å². The molecule has 0 spiro atoms. The fourth-order valence-corrected chi connectivity index (χ4v) is 4.54. The predicted molar refractivity (Wildman–Crippen MR) is 113 cm³/mol. The zero-order valence-electron chi connectivity index (χ0n) is 16.7. The minimum absolute atomic E-state index is 0.185. The van der Waals surface area contributed by atoms with Crippen LogP contribution in [0.4, 0.5) is 0 Å². The van der Waals surface area contributed by atoms with Gasteiger partial charge in [0.15, 0.2) is 0 Å². The minimum atomic E-state index is -3.50. The largest absolute Gasteiger partial charge is 0.292 e. The second-order valence-electron chi connectivity index (χ2n) is 7.09. The van der Waals surface area contributed by atoms with E-state index in [-0.39, 0.29) is 12.5 Å². The first-order chi connectivity index (χ1) is 13.9. The molecule has 29 heavy (non-hydrogen) atoms. The van der Waals surface area contributed by atoms with Crippen LogP contribution in [0.3, 0.4) is 0 Å². The number of hydrogen-bond donors (Lipinski definition) is 1. The van der Waals surface area contributed by atoms with Crippen LogP contribution in [0.5, 0.6) is 0 Å². The molecule has 2 aromatic rings. The van der Waals surface area contributed by atoms with Crippen LogP contribution < -0.4 is 5.43 Å². The molecule has 0 atom stereocenters. The molecular weight excluding hydrogens is 388 g/mol. The van der Waals surface area contributed by atoms with Gasteiger partial charge in [0.2, 0.25) is 10.0 Å². The van der Waals surface area contributed by atoms with E-state index in [1.807, 2.05) is 49.1 Å². The minimum Gasteiger partial charge on any atom is -0.292 e. The Labute approximate surface area is 172 Å². The lowest BCUT2D eigenvalue weighted by molar-refractivity contribution is -0.122. The fourth-order valence-electron chi connectivity index (χ4n) is 3.12. The number of carbonyl (C=O) groups is 1. The van der Waals surface area contributed by atoms with Crippen molar-refractivity contribution in [1.82, 2.24) is 14.6 Å². The molecule has 1 fully saturated rings. The van der Waals surface area contributed by atoms with Gasteiger partial charge in [-0.3, -0.25) is 9.69 Å². The van der Waals surface area contributed by atoms with Gasteiger partial charge in [-0.25, -0.2) is 13.8 Å². The third kappa shape index (κ3) is 5.50. The molecule has 1 amide bonds. The van der Waals surface area contributed by atoms with Crippen molar-refractivity contribution in [2.24, 2.45) is 5.10 Å². The van der Waals surface area contributed by atoms with Crippen molar-refractivity contribution in [2.75, 3.05) is 32.7 Å². The second-order valence-corrected chi connectivity index (χ2v) is 9.03. The average molecular weight is 415 g/mol. The number of rotatable bonds is 6. The van der Waals surface area contributed by atoms with Crippen molar-refractivity contribution in [1.29, 1.82) is 0 Å². The van der Waals surface area contributed by atoms with Gasteiger partial charge < -0.3 is 0 Å². The van der Waals surface area contributed by atoms with Gasteiger partial charge >= 0.3 is 0 Å². The third-order valence-corrected chi connectivity index (χ3v) is 6.81. The van der Waals surface area contributed by atoms with Crippen LogP contribution in [0.15, 0.2) is 64.6 Å². The summed E-state index contributed by atoms with van der Waals surface area (Å²) in [6.45, 7) is 5.66. The summed E-state index contributed by atoms with van der Waals surface area (Å²) < 4.78 is 27.0. The molecule has 0 aliphatic carbocycles. The van der Waals surface area contributed by atoms with Crippen LogP contribution >= 0.6 is 0 Å². The van der Waals surface area contributed by atoms with E-state index in [1.165, 1.54) is 4.31 Å². The highest BCUT2D eigenvalue weighted by Crippen LogP contribution is 2.18. The Hall–Kier alpha value is -2.55. The number of carbonyl (C=O) groups excluding carboxylic acids is 1. The first-order valence-electron chi connectivity index (χ1n) is 9.54. The van der Waals surface area contributed by atoms with Crippen LogP contribution in [-0.4, -0.2) is 62.0 Å². The van der Waals surface area contributed by atoms with Gasteiger partial charge in [0, 0.05) is 26.2 Å². The molecule has 0 radical (unpaired) electrons. The molecule has 1 aliphatic rings. The Bertz CT molecular complexity index is 965. The molecular formula is C21H26N4O3S. The quantitative estimate of drug-likeness (QED) is 0.578. The van der Waals surface area contributed by atoms with E-state index in [4.69, 9.17) is 0 Å². The van der Waals surface area contributed by atoms with E-state index in [1.54, 1.807) is 24.3 Å². The summed E-state index contributed by atoms with van der Waals surface area (Å²) in [5, 5.41) is 4.14. The number of aryl methyl sites for hydroxylation is 1. The van der Waals surface area contributed by atoms with Crippen molar-refractivity contribution in [3.63, 3.8) is 0 Å². The molecule has 3 rings (SSSR count). The van der Waals surface area contributed by atoms with Gasteiger partial charge in [0.05, 0.1) is 17.2 Å². The van der Waals surface area contributed by atoms with E-state index in [0.717, 1.165) is 16.8 Å². The topological polar surface area (TPSA) is 82.1 Å². The van der Waals surface area contributed by atoms with Crippen LogP contribution in [-0.2, 0) is 14.8 Å². The maximum absolute atomic E-state index is 12.7. The molecule has 0 bridgehead atoms.